The van der Waals surface area contributed by atoms with Crippen LogP contribution in [0.4, 0.5) is 5.69 Å². The molecule has 1 rings (SSSR count). The monoisotopic (exact) mass is 281 g/mol. The normalized spacial score (nSPS) is 9.85. The smallest absolute Gasteiger partial charge is 0.306 e. The van der Waals surface area contributed by atoms with Crippen LogP contribution in [0, 0.1) is 10.1 Å². The number of hydrogen-bond acceptors (Lipinski definition) is 6. The number of Topliss-reactive ketones (excluding diaryl/α,β-unsaturated/α-hetero) is 1. The first-order valence-corrected chi connectivity index (χ1v) is 6.07. The minimum Gasteiger partial charge on any atom is -0.486 e. The maximum Gasteiger partial charge on any atom is 0.306 e. The van der Waals surface area contributed by atoms with E-state index in [1.807, 2.05) is 0 Å². The van der Waals surface area contributed by atoms with Gasteiger partial charge in [0.25, 0.3) is 5.69 Å². The lowest BCUT2D eigenvalue weighted by atomic mass is 10.2. The summed E-state index contributed by atoms with van der Waals surface area (Å²) in [7, 11) is 0. The van der Waals surface area contributed by atoms with Gasteiger partial charge in [0.15, 0.2) is 5.78 Å². The number of esters is 1. The third-order valence-corrected chi connectivity index (χ3v) is 2.34. The lowest BCUT2D eigenvalue weighted by molar-refractivity contribution is -0.384. The van der Waals surface area contributed by atoms with E-state index in [1.54, 1.807) is 6.92 Å². The number of nitro benzene ring substituents is 1. The lowest BCUT2D eigenvalue weighted by Crippen LogP contribution is -2.14. The standard InChI is InChI=1S/C13H15NO6/c1-2-19-13(16)7-6-11(15)9-20-12-5-3-4-10(8-12)14(17)18/h3-5,8H,2,6-7,9H2,1H3. The molecule has 0 aliphatic heterocycles. The van der Waals surface area contributed by atoms with Crippen molar-refractivity contribution in [2.45, 2.75) is 19.8 Å². The van der Waals surface area contributed by atoms with Gasteiger partial charge in [0.1, 0.15) is 12.4 Å². The van der Waals surface area contributed by atoms with Gasteiger partial charge in [-0.2, -0.15) is 0 Å². The molecule has 0 aliphatic carbocycles. The number of carbonyl (C=O) groups excluding carboxylic acids is 2. The van der Waals surface area contributed by atoms with Crippen molar-refractivity contribution in [1.82, 2.24) is 0 Å². The summed E-state index contributed by atoms with van der Waals surface area (Å²) in [6.07, 6.45) is 0.0265. The molecule has 0 radical (unpaired) electrons. The third-order valence-electron chi connectivity index (χ3n) is 2.34. The predicted octanol–water partition coefficient (Wildman–Crippen LogP) is 1.89. The number of nitrogens with zero attached hydrogens (tertiary/aromatic N) is 1. The molecule has 0 bridgehead atoms. The molecule has 0 atom stereocenters. The number of benzene rings is 1. The second kappa shape index (κ2) is 7.88. The van der Waals surface area contributed by atoms with Crippen LogP contribution < -0.4 is 4.74 Å². The number of non-ortho nitro benzene ring substituents is 1. The Bertz CT molecular complexity index is 499. The molecule has 0 aliphatic rings. The van der Waals surface area contributed by atoms with Gasteiger partial charge in [0.2, 0.25) is 0 Å². The largest absolute Gasteiger partial charge is 0.486 e. The van der Waals surface area contributed by atoms with Crippen LogP contribution in [0.25, 0.3) is 0 Å². The first kappa shape index (κ1) is 15.6. The summed E-state index contributed by atoms with van der Waals surface area (Å²) in [5, 5.41) is 10.6. The van der Waals surface area contributed by atoms with E-state index in [4.69, 9.17) is 9.47 Å². The molecule has 0 amide bonds. The number of carbonyl (C=O) groups is 2. The Morgan fingerprint density at radius 2 is 2.05 bits per heavy atom. The highest BCUT2D eigenvalue weighted by atomic mass is 16.6. The van der Waals surface area contributed by atoms with Crippen LogP contribution in [-0.4, -0.2) is 29.9 Å². The Morgan fingerprint density at radius 1 is 1.30 bits per heavy atom. The zero-order chi connectivity index (χ0) is 15.0. The summed E-state index contributed by atoms with van der Waals surface area (Å²) in [6.45, 7) is 1.73. The zero-order valence-corrected chi connectivity index (χ0v) is 11.0. The molecule has 1 aromatic carbocycles. The Hall–Kier alpha value is -2.44. The van der Waals surface area contributed by atoms with Gasteiger partial charge in [-0.25, -0.2) is 0 Å². The van der Waals surface area contributed by atoms with E-state index >= 15 is 0 Å². The van der Waals surface area contributed by atoms with E-state index < -0.39 is 10.9 Å². The van der Waals surface area contributed by atoms with Crippen LogP contribution in [-0.2, 0) is 14.3 Å². The molecular weight excluding hydrogens is 266 g/mol. The minimum atomic E-state index is -0.546. The van der Waals surface area contributed by atoms with E-state index in [0.29, 0.717) is 0 Å². The van der Waals surface area contributed by atoms with Crippen molar-refractivity contribution in [1.29, 1.82) is 0 Å². The molecule has 0 fully saturated rings. The molecule has 0 unspecified atom stereocenters. The van der Waals surface area contributed by atoms with Crippen LogP contribution >= 0.6 is 0 Å². The van der Waals surface area contributed by atoms with Crippen molar-refractivity contribution in [3.8, 4) is 5.75 Å². The molecule has 0 spiro atoms. The maximum absolute atomic E-state index is 11.5. The van der Waals surface area contributed by atoms with Crippen LogP contribution in [0.5, 0.6) is 5.75 Å². The topological polar surface area (TPSA) is 95.7 Å². The Kier molecular flexibility index (Phi) is 6.15. The van der Waals surface area contributed by atoms with Crippen molar-refractivity contribution in [2.24, 2.45) is 0 Å². The first-order valence-electron chi connectivity index (χ1n) is 6.07. The Morgan fingerprint density at radius 3 is 2.70 bits per heavy atom. The highest BCUT2D eigenvalue weighted by molar-refractivity contribution is 5.84. The summed E-state index contributed by atoms with van der Waals surface area (Å²) >= 11 is 0. The number of nitro groups is 1. The number of ether oxygens (including phenoxy) is 2. The molecular formula is C13H15NO6. The van der Waals surface area contributed by atoms with Crippen molar-refractivity contribution in [3.63, 3.8) is 0 Å². The molecule has 7 nitrogen and oxygen atoms in total. The fourth-order valence-electron chi connectivity index (χ4n) is 1.40. The molecule has 1 aromatic rings. The fraction of sp³-hybridized carbons (Fsp3) is 0.385. The summed E-state index contributed by atoms with van der Waals surface area (Å²) in [5.41, 5.74) is -0.110. The number of ketones is 1. The maximum atomic E-state index is 11.5. The lowest BCUT2D eigenvalue weighted by Gasteiger charge is -2.05. The Labute approximate surface area is 115 Å². The van der Waals surface area contributed by atoms with Crippen molar-refractivity contribution < 1.29 is 24.0 Å². The predicted molar refractivity (Wildman–Crippen MR) is 69.5 cm³/mol. The second-order valence-corrected chi connectivity index (χ2v) is 3.89. The summed E-state index contributed by atoms with van der Waals surface area (Å²) in [6, 6.07) is 5.55. The van der Waals surface area contributed by atoms with Crippen LogP contribution in [0.2, 0.25) is 0 Å². The molecule has 0 saturated heterocycles. The van der Waals surface area contributed by atoms with Crippen LogP contribution in [0.3, 0.4) is 0 Å². The zero-order valence-electron chi connectivity index (χ0n) is 11.0. The van der Waals surface area contributed by atoms with Crippen LogP contribution in [0.15, 0.2) is 24.3 Å². The highest BCUT2D eigenvalue weighted by Crippen LogP contribution is 2.19. The summed E-state index contributed by atoms with van der Waals surface area (Å²) < 4.78 is 9.83. The molecule has 0 heterocycles. The van der Waals surface area contributed by atoms with E-state index in [0.717, 1.165) is 0 Å². The van der Waals surface area contributed by atoms with Gasteiger partial charge in [0, 0.05) is 12.5 Å². The molecule has 0 N–H and O–H groups in total. The van der Waals surface area contributed by atoms with Gasteiger partial charge in [-0.15, -0.1) is 0 Å². The molecule has 108 valence electrons. The summed E-state index contributed by atoms with van der Waals surface area (Å²) in [4.78, 5) is 32.5. The molecule has 7 heteroatoms. The first-order chi connectivity index (χ1) is 9.52. The third kappa shape index (κ3) is 5.47. The molecule has 0 saturated carbocycles. The van der Waals surface area contributed by atoms with E-state index in [9.17, 15) is 19.7 Å². The van der Waals surface area contributed by atoms with Gasteiger partial charge in [-0.05, 0) is 13.0 Å². The van der Waals surface area contributed by atoms with Gasteiger partial charge >= 0.3 is 5.97 Å². The van der Waals surface area contributed by atoms with Gasteiger partial charge < -0.3 is 9.47 Å². The van der Waals surface area contributed by atoms with Crippen molar-refractivity contribution >= 4 is 17.4 Å². The van der Waals surface area contributed by atoms with Gasteiger partial charge in [0.05, 0.1) is 24.0 Å². The average Bonchev–Trinajstić information content (AvgIpc) is 2.43. The van der Waals surface area contributed by atoms with Crippen molar-refractivity contribution in [3.05, 3.63) is 34.4 Å². The van der Waals surface area contributed by atoms with Gasteiger partial charge in [-0.3, -0.25) is 19.7 Å². The number of rotatable bonds is 8. The molecule has 0 aromatic heterocycles. The van der Waals surface area contributed by atoms with Crippen LogP contribution in [0.1, 0.15) is 19.8 Å². The van der Waals surface area contributed by atoms with Crippen molar-refractivity contribution in [2.75, 3.05) is 13.2 Å². The van der Waals surface area contributed by atoms with E-state index in [-0.39, 0.29) is 43.3 Å². The second-order valence-electron chi connectivity index (χ2n) is 3.89. The summed E-state index contributed by atoms with van der Waals surface area (Å²) in [5.74, 6) is -0.468. The number of hydrogen-bond donors (Lipinski definition) is 0. The van der Waals surface area contributed by atoms with E-state index in [2.05, 4.69) is 0 Å². The molecule has 20 heavy (non-hydrogen) atoms. The Balaban J connectivity index is 2.39. The average molecular weight is 281 g/mol. The minimum absolute atomic E-state index is 0.00493. The SMILES string of the molecule is CCOC(=O)CCC(=O)COc1cccc([N+](=O)[O-])c1. The highest BCUT2D eigenvalue weighted by Gasteiger charge is 2.10. The quantitative estimate of drug-likeness (QED) is 0.410. The van der Waals surface area contributed by atoms with Gasteiger partial charge in [-0.1, -0.05) is 6.07 Å². The van der Waals surface area contributed by atoms with E-state index in [1.165, 1.54) is 24.3 Å². The fourth-order valence-corrected chi connectivity index (χ4v) is 1.40.